The van der Waals surface area contributed by atoms with Crippen molar-refractivity contribution in [2.45, 2.75) is 38.6 Å². The molecule has 0 fully saturated rings. The zero-order chi connectivity index (χ0) is 15.2. The van der Waals surface area contributed by atoms with Gasteiger partial charge in [0.15, 0.2) is 11.6 Å². The fourth-order valence-corrected chi connectivity index (χ4v) is 2.35. The molecular weight excluding hydrogens is 268 g/mol. The summed E-state index contributed by atoms with van der Waals surface area (Å²) in [5.41, 5.74) is 9.17. The summed E-state index contributed by atoms with van der Waals surface area (Å²) in [7, 11) is 0. The number of hydrogen-bond donors (Lipinski definition) is 1. The first-order chi connectivity index (χ1) is 10.1. The van der Waals surface area contributed by atoms with E-state index in [1.165, 1.54) is 24.5 Å². The van der Waals surface area contributed by atoms with Gasteiger partial charge in [0, 0.05) is 6.04 Å². The first-order valence-electron chi connectivity index (χ1n) is 7.38. The van der Waals surface area contributed by atoms with Crippen molar-refractivity contribution in [3.05, 3.63) is 70.8 Å². The highest BCUT2D eigenvalue weighted by Gasteiger charge is 2.09. The van der Waals surface area contributed by atoms with Crippen LogP contribution in [0.1, 0.15) is 42.5 Å². The summed E-state index contributed by atoms with van der Waals surface area (Å²) in [6, 6.07) is 12.0. The Kier molecular flexibility index (Phi) is 5.45. The Balaban J connectivity index is 2.02. The zero-order valence-corrected chi connectivity index (χ0v) is 12.3. The van der Waals surface area contributed by atoms with Crippen molar-refractivity contribution >= 4 is 0 Å². The van der Waals surface area contributed by atoms with Crippen LogP contribution in [0.15, 0.2) is 42.5 Å². The number of halogens is 2. The van der Waals surface area contributed by atoms with Crippen molar-refractivity contribution in [2.75, 3.05) is 0 Å². The maximum Gasteiger partial charge on any atom is 0.159 e. The van der Waals surface area contributed by atoms with Gasteiger partial charge in [-0.2, -0.15) is 0 Å². The molecule has 0 aliphatic heterocycles. The fraction of sp³-hybridized carbons (Fsp3) is 0.333. The topological polar surface area (TPSA) is 26.0 Å². The Morgan fingerprint density at radius 2 is 1.62 bits per heavy atom. The summed E-state index contributed by atoms with van der Waals surface area (Å²) in [5.74, 6) is -1.65. The Labute approximate surface area is 124 Å². The third kappa shape index (κ3) is 4.36. The predicted octanol–water partition coefficient (Wildman–Crippen LogP) is 4.55. The van der Waals surface area contributed by atoms with Crippen molar-refractivity contribution in [3.8, 4) is 0 Å². The van der Waals surface area contributed by atoms with E-state index < -0.39 is 11.6 Å². The van der Waals surface area contributed by atoms with Gasteiger partial charge < -0.3 is 5.73 Å². The molecule has 0 saturated carbocycles. The summed E-state index contributed by atoms with van der Waals surface area (Å²) >= 11 is 0. The van der Waals surface area contributed by atoms with E-state index in [1.54, 1.807) is 6.07 Å². The second kappa shape index (κ2) is 7.32. The molecule has 1 nitrogen and oxygen atoms in total. The average Bonchev–Trinajstić information content (AvgIpc) is 2.49. The lowest BCUT2D eigenvalue weighted by molar-refractivity contribution is 0.506. The maximum atomic E-state index is 13.2. The van der Waals surface area contributed by atoms with Crippen LogP contribution in [0.4, 0.5) is 8.78 Å². The quantitative estimate of drug-likeness (QED) is 0.829. The van der Waals surface area contributed by atoms with E-state index in [9.17, 15) is 8.78 Å². The van der Waals surface area contributed by atoms with Gasteiger partial charge in [0.1, 0.15) is 0 Å². The lowest BCUT2D eigenvalue weighted by atomic mass is 9.97. The number of unbranched alkanes of at least 4 members (excludes halogenated alkanes) is 1. The maximum absolute atomic E-state index is 13.2. The molecule has 0 aromatic heterocycles. The zero-order valence-electron chi connectivity index (χ0n) is 12.3. The van der Waals surface area contributed by atoms with Crippen molar-refractivity contribution < 1.29 is 8.78 Å². The second-order valence-corrected chi connectivity index (χ2v) is 5.40. The van der Waals surface area contributed by atoms with Gasteiger partial charge in [-0.05, 0) is 48.1 Å². The van der Waals surface area contributed by atoms with Gasteiger partial charge in [-0.25, -0.2) is 8.78 Å². The molecular formula is C18H21F2N. The number of nitrogens with two attached hydrogens (primary N) is 1. The number of aryl methyl sites for hydroxylation is 1. The third-order valence-electron chi connectivity index (χ3n) is 3.67. The molecule has 2 N–H and O–H groups in total. The van der Waals surface area contributed by atoms with Crippen molar-refractivity contribution in [3.63, 3.8) is 0 Å². The molecule has 0 aliphatic rings. The molecule has 0 heterocycles. The van der Waals surface area contributed by atoms with Crippen LogP contribution in [-0.2, 0) is 12.8 Å². The van der Waals surface area contributed by atoms with E-state index in [0.717, 1.165) is 18.1 Å². The normalized spacial score (nSPS) is 12.4. The summed E-state index contributed by atoms with van der Waals surface area (Å²) in [6.07, 6.45) is 3.93. The molecule has 0 saturated heterocycles. The van der Waals surface area contributed by atoms with Crippen LogP contribution in [0, 0.1) is 11.6 Å². The van der Waals surface area contributed by atoms with Crippen molar-refractivity contribution in [1.29, 1.82) is 0 Å². The molecule has 2 aromatic rings. The third-order valence-corrected chi connectivity index (χ3v) is 3.67. The highest BCUT2D eigenvalue weighted by molar-refractivity contribution is 5.27. The van der Waals surface area contributed by atoms with Gasteiger partial charge in [-0.15, -0.1) is 0 Å². The Hall–Kier alpha value is -1.74. The van der Waals surface area contributed by atoms with Crippen LogP contribution in [0.3, 0.4) is 0 Å². The monoisotopic (exact) mass is 289 g/mol. The minimum atomic E-state index is -0.826. The van der Waals surface area contributed by atoms with E-state index >= 15 is 0 Å². The Morgan fingerprint density at radius 3 is 2.24 bits per heavy atom. The lowest BCUT2D eigenvalue weighted by Crippen LogP contribution is -2.13. The average molecular weight is 289 g/mol. The molecule has 112 valence electrons. The molecule has 21 heavy (non-hydrogen) atoms. The standard InChI is InChI=1S/C18H21F2N/c1-2-3-4-13-5-8-15(9-6-13)18(21)12-14-7-10-16(19)17(20)11-14/h5-11,18H,2-4,12,21H2,1H3. The lowest BCUT2D eigenvalue weighted by Gasteiger charge is -2.13. The molecule has 3 heteroatoms. The fourth-order valence-electron chi connectivity index (χ4n) is 2.35. The van der Waals surface area contributed by atoms with E-state index in [1.807, 2.05) is 12.1 Å². The molecule has 0 aliphatic carbocycles. The number of benzene rings is 2. The molecule has 0 bridgehead atoms. The van der Waals surface area contributed by atoms with Crippen molar-refractivity contribution in [2.24, 2.45) is 5.73 Å². The second-order valence-electron chi connectivity index (χ2n) is 5.40. The van der Waals surface area contributed by atoms with Gasteiger partial charge in [0.05, 0.1) is 0 Å². The van der Waals surface area contributed by atoms with E-state index in [0.29, 0.717) is 12.0 Å². The minimum Gasteiger partial charge on any atom is -0.324 e. The Bertz CT molecular complexity index is 578. The molecule has 1 atom stereocenters. The molecule has 0 spiro atoms. The van der Waals surface area contributed by atoms with Crippen LogP contribution in [0.5, 0.6) is 0 Å². The van der Waals surface area contributed by atoms with Crippen LogP contribution >= 0.6 is 0 Å². The Morgan fingerprint density at radius 1 is 0.952 bits per heavy atom. The van der Waals surface area contributed by atoms with Gasteiger partial charge in [0.25, 0.3) is 0 Å². The van der Waals surface area contributed by atoms with E-state index in [-0.39, 0.29) is 6.04 Å². The minimum absolute atomic E-state index is 0.213. The number of rotatable bonds is 6. The SMILES string of the molecule is CCCCc1ccc(C(N)Cc2ccc(F)c(F)c2)cc1. The summed E-state index contributed by atoms with van der Waals surface area (Å²) in [4.78, 5) is 0. The van der Waals surface area contributed by atoms with Gasteiger partial charge in [-0.3, -0.25) is 0 Å². The summed E-state index contributed by atoms with van der Waals surface area (Å²) < 4.78 is 26.1. The molecule has 0 radical (unpaired) electrons. The predicted molar refractivity (Wildman–Crippen MR) is 82.0 cm³/mol. The van der Waals surface area contributed by atoms with Crippen LogP contribution < -0.4 is 5.73 Å². The summed E-state index contributed by atoms with van der Waals surface area (Å²) in [5, 5.41) is 0. The summed E-state index contributed by atoms with van der Waals surface area (Å²) in [6.45, 7) is 2.17. The van der Waals surface area contributed by atoms with Crippen LogP contribution in [-0.4, -0.2) is 0 Å². The molecule has 0 amide bonds. The molecule has 1 unspecified atom stereocenters. The molecule has 2 aromatic carbocycles. The van der Waals surface area contributed by atoms with Crippen LogP contribution in [0.2, 0.25) is 0 Å². The highest BCUT2D eigenvalue weighted by atomic mass is 19.2. The van der Waals surface area contributed by atoms with Crippen LogP contribution in [0.25, 0.3) is 0 Å². The van der Waals surface area contributed by atoms with Gasteiger partial charge in [0.2, 0.25) is 0 Å². The molecule has 2 rings (SSSR count). The highest BCUT2D eigenvalue weighted by Crippen LogP contribution is 2.19. The smallest absolute Gasteiger partial charge is 0.159 e. The first-order valence-corrected chi connectivity index (χ1v) is 7.38. The van der Waals surface area contributed by atoms with E-state index in [4.69, 9.17) is 5.73 Å². The van der Waals surface area contributed by atoms with Gasteiger partial charge in [-0.1, -0.05) is 43.7 Å². The van der Waals surface area contributed by atoms with Gasteiger partial charge >= 0.3 is 0 Å². The first kappa shape index (κ1) is 15.6. The number of hydrogen-bond acceptors (Lipinski definition) is 1. The largest absolute Gasteiger partial charge is 0.324 e. The van der Waals surface area contributed by atoms with Crippen molar-refractivity contribution in [1.82, 2.24) is 0 Å². The van der Waals surface area contributed by atoms with E-state index in [2.05, 4.69) is 19.1 Å².